The van der Waals surface area contributed by atoms with Gasteiger partial charge in [0.2, 0.25) is 5.91 Å². The minimum Gasteiger partial charge on any atom is -0.494 e. The van der Waals surface area contributed by atoms with E-state index >= 15 is 0 Å². The SMILES string of the molecule is CCC(=O)NCc1nc2ccccc2n1CCCOc1ccc2ccccc2c1. The Bertz CT molecular complexity index is 1130. The molecule has 1 N–H and O–H groups in total. The zero-order valence-electron chi connectivity index (χ0n) is 16.6. The van der Waals surface area contributed by atoms with Crippen LogP contribution < -0.4 is 10.1 Å². The van der Waals surface area contributed by atoms with Crippen LogP contribution in [0, 0.1) is 0 Å². The van der Waals surface area contributed by atoms with Crippen LogP contribution in [0.4, 0.5) is 0 Å². The molecule has 1 heterocycles. The number of nitrogens with zero attached hydrogens (tertiary/aromatic N) is 2. The van der Waals surface area contributed by atoms with Gasteiger partial charge in [0.25, 0.3) is 0 Å². The van der Waals surface area contributed by atoms with Crippen molar-refractivity contribution in [3.8, 4) is 5.75 Å². The molecule has 29 heavy (non-hydrogen) atoms. The van der Waals surface area contributed by atoms with Crippen molar-refractivity contribution in [3.63, 3.8) is 0 Å². The first-order valence-electron chi connectivity index (χ1n) is 10.1. The Balaban J connectivity index is 1.42. The van der Waals surface area contributed by atoms with Gasteiger partial charge in [-0.3, -0.25) is 4.79 Å². The van der Waals surface area contributed by atoms with Crippen LogP contribution in [0.5, 0.6) is 5.75 Å². The molecule has 0 spiro atoms. The predicted octanol–water partition coefficient (Wildman–Crippen LogP) is 4.68. The fraction of sp³-hybridized carbons (Fsp3) is 0.250. The van der Waals surface area contributed by atoms with E-state index in [0.29, 0.717) is 19.6 Å². The second kappa shape index (κ2) is 8.78. The van der Waals surface area contributed by atoms with Crippen LogP contribution >= 0.6 is 0 Å². The van der Waals surface area contributed by atoms with Gasteiger partial charge in [-0.05, 0) is 41.5 Å². The fourth-order valence-corrected chi connectivity index (χ4v) is 3.48. The molecular weight excluding hydrogens is 362 g/mol. The number of benzene rings is 3. The van der Waals surface area contributed by atoms with Crippen molar-refractivity contribution in [2.75, 3.05) is 6.61 Å². The van der Waals surface area contributed by atoms with E-state index in [1.165, 1.54) is 10.8 Å². The van der Waals surface area contributed by atoms with Crippen molar-refractivity contribution in [2.24, 2.45) is 0 Å². The highest BCUT2D eigenvalue weighted by molar-refractivity contribution is 5.83. The second-order valence-corrected chi connectivity index (χ2v) is 7.01. The zero-order valence-corrected chi connectivity index (χ0v) is 16.6. The highest BCUT2D eigenvalue weighted by atomic mass is 16.5. The summed E-state index contributed by atoms with van der Waals surface area (Å²) in [6, 6.07) is 22.5. The van der Waals surface area contributed by atoms with Gasteiger partial charge in [0.05, 0.1) is 24.2 Å². The van der Waals surface area contributed by atoms with Gasteiger partial charge in [-0.2, -0.15) is 0 Å². The summed E-state index contributed by atoms with van der Waals surface area (Å²) in [7, 11) is 0. The Hall–Kier alpha value is -3.34. The van der Waals surface area contributed by atoms with Gasteiger partial charge in [-0.15, -0.1) is 0 Å². The number of carbonyl (C=O) groups excluding carboxylic acids is 1. The number of nitrogens with one attached hydrogen (secondary N) is 1. The molecule has 1 aromatic heterocycles. The van der Waals surface area contributed by atoms with Crippen molar-refractivity contribution in [3.05, 3.63) is 72.6 Å². The maximum absolute atomic E-state index is 11.7. The molecule has 4 rings (SSSR count). The molecule has 5 heteroatoms. The highest BCUT2D eigenvalue weighted by Crippen LogP contribution is 2.21. The van der Waals surface area contributed by atoms with Gasteiger partial charge in [-0.25, -0.2) is 4.98 Å². The molecule has 0 bridgehead atoms. The largest absolute Gasteiger partial charge is 0.494 e. The molecule has 0 fully saturated rings. The molecule has 3 aromatic carbocycles. The number of hydrogen-bond acceptors (Lipinski definition) is 3. The molecule has 0 aliphatic carbocycles. The van der Waals surface area contributed by atoms with Crippen LogP contribution in [-0.4, -0.2) is 22.1 Å². The van der Waals surface area contributed by atoms with Crippen LogP contribution in [0.25, 0.3) is 21.8 Å². The molecule has 1 amide bonds. The van der Waals surface area contributed by atoms with Crippen molar-refractivity contribution in [1.82, 2.24) is 14.9 Å². The van der Waals surface area contributed by atoms with Crippen LogP contribution in [0.3, 0.4) is 0 Å². The van der Waals surface area contributed by atoms with Crippen molar-refractivity contribution < 1.29 is 9.53 Å². The average molecular weight is 387 g/mol. The molecule has 0 aliphatic rings. The second-order valence-electron chi connectivity index (χ2n) is 7.01. The van der Waals surface area contributed by atoms with E-state index in [1.807, 2.05) is 43.3 Å². The third-order valence-electron chi connectivity index (χ3n) is 5.01. The summed E-state index contributed by atoms with van der Waals surface area (Å²) in [5.74, 6) is 1.79. The number of aromatic nitrogens is 2. The van der Waals surface area contributed by atoms with Gasteiger partial charge in [0.1, 0.15) is 11.6 Å². The molecule has 0 saturated heterocycles. The Morgan fingerprint density at radius 1 is 1.03 bits per heavy atom. The van der Waals surface area contributed by atoms with E-state index in [1.54, 1.807) is 0 Å². The first-order chi connectivity index (χ1) is 14.2. The van der Waals surface area contributed by atoms with Gasteiger partial charge in [0.15, 0.2) is 0 Å². The summed E-state index contributed by atoms with van der Waals surface area (Å²) in [5, 5.41) is 5.32. The summed E-state index contributed by atoms with van der Waals surface area (Å²) in [6.07, 6.45) is 1.32. The van der Waals surface area contributed by atoms with Crippen molar-refractivity contribution >= 4 is 27.7 Å². The number of aryl methyl sites for hydroxylation is 1. The maximum atomic E-state index is 11.7. The smallest absolute Gasteiger partial charge is 0.220 e. The summed E-state index contributed by atoms with van der Waals surface area (Å²) in [6.45, 7) is 3.69. The lowest BCUT2D eigenvalue weighted by Gasteiger charge is -2.11. The number of ether oxygens (including phenoxy) is 1. The fourth-order valence-electron chi connectivity index (χ4n) is 3.48. The van der Waals surface area contributed by atoms with E-state index in [-0.39, 0.29) is 5.91 Å². The number of imidazole rings is 1. The molecule has 4 aromatic rings. The normalized spacial score (nSPS) is 11.1. The van der Waals surface area contributed by atoms with E-state index in [0.717, 1.165) is 35.6 Å². The van der Waals surface area contributed by atoms with E-state index in [4.69, 9.17) is 9.72 Å². The Morgan fingerprint density at radius 3 is 2.69 bits per heavy atom. The monoisotopic (exact) mass is 387 g/mol. The minimum atomic E-state index is 0.0308. The minimum absolute atomic E-state index is 0.0308. The first-order valence-corrected chi connectivity index (χ1v) is 10.1. The quantitative estimate of drug-likeness (QED) is 0.447. The van der Waals surface area contributed by atoms with Crippen molar-refractivity contribution in [1.29, 1.82) is 0 Å². The molecule has 148 valence electrons. The standard InChI is InChI=1S/C24H25N3O2/c1-2-24(28)25-17-23-26-21-10-5-6-11-22(21)27(23)14-7-15-29-20-13-12-18-8-3-4-9-19(18)16-20/h3-6,8-13,16H,2,7,14-15,17H2,1H3,(H,25,28). The van der Waals surface area contributed by atoms with Crippen LogP contribution in [0.15, 0.2) is 66.7 Å². The summed E-state index contributed by atoms with van der Waals surface area (Å²) < 4.78 is 8.15. The van der Waals surface area contributed by atoms with Gasteiger partial charge < -0.3 is 14.6 Å². The van der Waals surface area contributed by atoms with Gasteiger partial charge >= 0.3 is 0 Å². The summed E-state index contributed by atoms with van der Waals surface area (Å²) in [4.78, 5) is 16.4. The lowest BCUT2D eigenvalue weighted by molar-refractivity contribution is -0.120. The van der Waals surface area contributed by atoms with Crippen LogP contribution in [0.1, 0.15) is 25.6 Å². The Morgan fingerprint density at radius 2 is 1.83 bits per heavy atom. The Kier molecular flexibility index (Phi) is 5.75. The Labute approximate surface area is 170 Å². The summed E-state index contributed by atoms with van der Waals surface area (Å²) >= 11 is 0. The zero-order chi connectivity index (χ0) is 20.1. The van der Waals surface area contributed by atoms with Gasteiger partial charge in [-0.1, -0.05) is 49.4 Å². The third-order valence-corrected chi connectivity index (χ3v) is 5.01. The van der Waals surface area contributed by atoms with E-state index in [9.17, 15) is 4.79 Å². The molecule has 0 unspecified atom stereocenters. The van der Waals surface area contributed by atoms with Crippen LogP contribution in [-0.2, 0) is 17.9 Å². The summed E-state index contributed by atoms with van der Waals surface area (Å²) in [5.41, 5.74) is 2.03. The van der Waals surface area contributed by atoms with Crippen molar-refractivity contribution in [2.45, 2.75) is 32.9 Å². The molecule has 0 aliphatic heterocycles. The van der Waals surface area contributed by atoms with Crippen LogP contribution in [0.2, 0.25) is 0 Å². The molecule has 0 radical (unpaired) electrons. The highest BCUT2D eigenvalue weighted by Gasteiger charge is 2.11. The number of hydrogen-bond donors (Lipinski definition) is 1. The average Bonchev–Trinajstić information content (AvgIpc) is 3.12. The maximum Gasteiger partial charge on any atom is 0.220 e. The lowest BCUT2D eigenvalue weighted by atomic mass is 10.1. The molecule has 0 saturated carbocycles. The number of amides is 1. The van der Waals surface area contributed by atoms with E-state index in [2.05, 4.69) is 40.2 Å². The topological polar surface area (TPSA) is 56.2 Å². The first kappa shape index (κ1) is 19.0. The number of carbonyl (C=O) groups is 1. The molecule has 5 nitrogen and oxygen atoms in total. The van der Waals surface area contributed by atoms with E-state index < -0.39 is 0 Å². The number of fused-ring (bicyclic) bond motifs is 2. The third kappa shape index (κ3) is 4.40. The number of para-hydroxylation sites is 2. The molecular formula is C24H25N3O2. The van der Waals surface area contributed by atoms with Gasteiger partial charge in [0, 0.05) is 13.0 Å². The predicted molar refractivity (Wildman–Crippen MR) is 116 cm³/mol. The number of rotatable bonds is 8. The molecule has 0 atom stereocenters. The lowest BCUT2D eigenvalue weighted by Crippen LogP contribution is -2.23.